The van der Waals surface area contributed by atoms with Gasteiger partial charge in [-0.15, -0.1) is 0 Å². The summed E-state index contributed by atoms with van der Waals surface area (Å²) in [5.41, 5.74) is 1.51. The summed E-state index contributed by atoms with van der Waals surface area (Å²) in [7, 11) is 0. The van der Waals surface area contributed by atoms with Crippen molar-refractivity contribution in [3.63, 3.8) is 0 Å². The third-order valence-corrected chi connectivity index (χ3v) is 2.58. The Bertz CT molecular complexity index is 505. The summed E-state index contributed by atoms with van der Waals surface area (Å²) in [5, 5.41) is 10.3. The Morgan fingerprint density at radius 2 is 2.27 bits per heavy atom. The van der Waals surface area contributed by atoms with Crippen molar-refractivity contribution in [3.05, 3.63) is 35.0 Å². The van der Waals surface area contributed by atoms with Gasteiger partial charge >= 0.3 is 0 Å². The van der Waals surface area contributed by atoms with E-state index in [-0.39, 0.29) is 6.61 Å². The van der Waals surface area contributed by atoms with Crippen LogP contribution in [0.4, 0.5) is 0 Å². The molecule has 2 rings (SSSR count). The molecular weight excluding hydrogens is 214 g/mol. The minimum absolute atomic E-state index is 0.0463. The molecule has 0 aliphatic rings. The molecular formula is C11H10ClNO2. The van der Waals surface area contributed by atoms with E-state index in [4.69, 9.17) is 16.7 Å². The fraction of sp³-hybridized carbons (Fsp3) is 0.182. The van der Waals surface area contributed by atoms with Crippen LogP contribution in [0.3, 0.4) is 0 Å². The van der Waals surface area contributed by atoms with Crippen molar-refractivity contribution in [2.24, 2.45) is 0 Å². The van der Waals surface area contributed by atoms with Crippen LogP contribution in [-0.4, -0.2) is 22.6 Å². The maximum Gasteiger partial charge on any atom is 0.152 e. The van der Waals surface area contributed by atoms with Gasteiger partial charge in [0.05, 0.1) is 6.61 Å². The molecule has 0 bridgehead atoms. The van der Waals surface area contributed by atoms with Gasteiger partial charge in [0.25, 0.3) is 0 Å². The Balaban J connectivity index is 2.69. The predicted octanol–water partition coefficient (Wildman–Crippen LogP) is 2.10. The number of hydrogen-bond donors (Lipinski definition) is 1. The molecule has 0 saturated heterocycles. The molecule has 78 valence electrons. The number of carbonyl (C=O) groups is 1. The lowest BCUT2D eigenvalue weighted by molar-refractivity contribution is 0.112. The number of benzene rings is 1. The van der Waals surface area contributed by atoms with Crippen LogP contribution in [0, 0.1) is 0 Å². The number of fused-ring (bicyclic) bond motifs is 1. The maximum absolute atomic E-state index is 10.8. The first-order chi connectivity index (χ1) is 7.26. The Kier molecular flexibility index (Phi) is 2.75. The summed E-state index contributed by atoms with van der Waals surface area (Å²) >= 11 is 5.86. The van der Waals surface area contributed by atoms with Crippen LogP contribution in [0.5, 0.6) is 0 Å². The topological polar surface area (TPSA) is 42.2 Å². The van der Waals surface area contributed by atoms with Gasteiger partial charge in [0, 0.05) is 34.2 Å². The number of aromatic nitrogens is 1. The highest BCUT2D eigenvalue weighted by molar-refractivity contribution is 6.31. The van der Waals surface area contributed by atoms with Gasteiger partial charge in [-0.1, -0.05) is 11.6 Å². The number of carbonyl (C=O) groups excluding carboxylic acids is 1. The Morgan fingerprint density at radius 1 is 1.47 bits per heavy atom. The zero-order valence-electron chi connectivity index (χ0n) is 7.98. The normalized spacial score (nSPS) is 10.8. The molecule has 15 heavy (non-hydrogen) atoms. The summed E-state index contributed by atoms with van der Waals surface area (Å²) in [6.45, 7) is 0.524. The smallest absolute Gasteiger partial charge is 0.152 e. The number of rotatable bonds is 3. The van der Waals surface area contributed by atoms with Gasteiger partial charge in [-0.25, -0.2) is 0 Å². The zero-order chi connectivity index (χ0) is 10.8. The van der Waals surface area contributed by atoms with E-state index in [1.165, 1.54) is 0 Å². The van der Waals surface area contributed by atoms with E-state index in [0.29, 0.717) is 17.1 Å². The first kappa shape index (κ1) is 10.2. The SMILES string of the molecule is O=Cc1cn(CCO)c2ccc(Cl)cc12. The quantitative estimate of drug-likeness (QED) is 0.810. The van der Waals surface area contributed by atoms with E-state index in [1.807, 2.05) is 10.6 Å². The van der Waals surface area contributed by atoms with Crippen LogP contribution in [0.25, 0.3) is 10.9 Å². The molecule has 2 aromatic rings. The largest absolute Gasteiger partial charge is 0.395 e. The average Bonchev–Trinajstić information content (AvgIpc) is 2.56. The summed E-state index contributed by atoms with van der Waals surface area (Å²) in [4.78, 5) is 10.8. The van der Waals surface area contributed by atoms with Gasteiger partial charge in [0.2, 0.25) is 0 Å². The Morgan fingerprint density at radius 3 is 2.93 bits per heavy atom. The van der Waals surface area contributed by atoms with Gasteiger partial charge < -0.3 is 9.67 Å². The van der Waals surface area contributed by atoms with Gasteiger partial charge in [0.1, 0.15) is 0 Å². The van der Waals surface area contributed by atoms with Crippen molar-refractivity contribution in [1.29, 1.82) is 0 Å². The molecule has 1 N–H and O–H groups in total. The van der Waals surface area contributed by atoms with Gasteiger partial charge in [-0.3, -0.25) is 4.79 Å². The van der Waals surface area contributed by atoms with Gasteiger partial charge in [0.15, 0.2) is 6.29 Å². The molecule has 0 saturated carbocycles. The van der Waals surface area contributed by atoms with E-state index in [2.05, 4.69) is 0 Å². The second-order valence-corrected chi connectivity index (χ2v) is 3.72. The fourth-order valence-electron chi connectivity index (χ4n) is 1.68. The Hall–Kier alpha value is -1.32. The summed E-state index contributed by atoms with van der Waals surface area (Å²) in [5.74, 6) is 0. The number of nitrogens with zero attached hydrogens (tertiary/aromatic N) is 1. The minimum atomic E-state index is 0.0463. The van der Waals surface area contributed by atoms with Gasteiger partial charge in [-0.2, -0.15) is 0 Å². The monoisotopic (exact) mass is 223 g/mol. The van der Waals surface area contributed by atoms with E-state index in [0.717, 1.165) is 17.2 Å². The fourth-order valence-corrected chi connectivity index (χ4v) is 1.86. The molecule has 1 heterocycles. The third kappa shape index (κ3) is 1.76. The van der Waals surface area contributed by atoms with Crippen LogP contribution < -0.4 is 0 Å². The van der Waals surface area contributed by atoms with Crippen LogP contribution >= 0.6 is 11.6 Å². The van der Waals surface area contributed by atoms with Crippen molar-refractivity contribution < 1.29 is 9.90 Å². The molecule has 0 amide bonds. The van der Waals surface area contributed by atoms with Crippen LogP contribution in [0.2, 0.25) is 5.02 Å². The Labute approximate surface area is 91.9 Å². The number of aldehydes is 1. The average molecular weight is 224 g/mol. The van der Waals surface area contributed by atoms with E-state index in [1.54, 1.807) is 18.3 Å². The van der Waals surface area contributed by atoms with Crippen molar-refractivity contribution >= 4 is 28.8 Å². The number of aliphatic hydroxyl groups is 1. The second kappa shape index (κ2) is 4.04. The standard InChI is InChI=1S/C11H10ClNO2/c12-9-1-2-11-10(5-9)8(7-15)6-13(11)3-4-14/h1-2,5-7,14H,3-4H2. The summed E-state index contributed by atoms with van der Waals surface area (Å²) in [6.07, 6.45) is 2.52. The molecule has 0 radical (unpaired) electrons. The van der Waals surface area contributed by atoms with E-state index in [9.17, 15) is 4.79 Å². The predicted molar refractivity (Wildman–Crippen MR) is 59.4 cm³/mol. The van der Waals surface area contributed by atoms with Crippen molar-refractivity contribution in [2.45, 2.75) is 6.54 Å². The molecule has 0 spiro atoms. The van der Waals surface area contributed by atoms with E-state index >= 15 is 0 Å². The van der Waals surface area contributed by atoms with Crippen molar-refractivity contribution in [2.75, 3.05) is 6.61 Å². The lowest BCUT2D eigenvalue weighted by Crippen LogP contribution is -1.99. The number of hydrogen-bond acceptors (Lipinski definition) is 2. The van der Waals surface area contributed by atoms with E-state index < -0.39 is 0 Å². The summed E-state index contributed by atoms with van der Waals surface area (Å²) < 4.78 is 1.84. The molecule has 4 heteroatoms. The molecule has 0 aliphatic carbocycles. The molecule has 0 aliphatic heterocycles. The van der Waals surface area contributed by atoms with Crippen LogP contribution in [0.15, 0.2) is 24.4 Å². The second-order valence-electron chi connectivity index (χ2n) is 3.28. The zero-order valence-corrected chi connectivity index (χ0v) is 8.74. The molecule has 1 aromatic heterocycles. The third-order valence-electron chi connectivity index (χ3n) is 2.34. The lowest BCUT2D eigenvalue weighted by atomic mass is 10.2. The summed E-state index contributed by atoms with van der Waals surface area (Å²) in [6, 6.07) is 5.38. The molecule has 1 aromatic carbocycles. The van der Waals surface area contributed by atoms with Crippen LogP contribution in [-0.2, 0) is 6.54 Å². The molecule has 3 nitrogen and oxygen atoms in total. The highest BCUT2D eigenvalue weighted by Crippen LogP contribution is 2.23. The lowest BCUT2D eigenvalue weighted by Gasteiger charge is -2.01. The minimum Gasteiger partial charge on any atom is -0.395 e. The molecule has 0 atom stereocenters. The first-order valence-electron chi connectivity index (χ1n) is 4.60. The maximum atomic E-state index is 10.8. The highest BCUT2D eigenvalue weighted by Gasteiger charge is 2.07. The first-order valence-corrected chi connectivity index (χ1v) is 4.98. The van der Waals surface area contributed by atoms with Crippen LogP contribution in [0.1, 0.15) is 10.4 Å². The van der Waals surface area contributed by atoms with Gasteiger partial charge in [-0.05, 0) is 18.2 Å². The molecule has 0 fully saturated rings. The number of aliphatic hydroxyl groups excluding tert-OH is 1. The van der Waals surface area contributed by atoms with Crippen molar-refractivity contribution in [3.8, 4) is 0 Å². The highest BCUT2D eigenvalue weighted by atomic mass is 35.5. The molecule has 0 unspecified atom stereocenters. The van der Waals surface area contributed by atoms with Crippen molar-refractivity contribution in [1.82, 2.24) is 4.57 Å². The number of halogens is 1.